The molecule has 1 aromatic heterocycles. The van der Waals surface area contributed by atoms with Gasteiger partial charge in [-0.1, -0.05) is 0 Å². The second-order valence-electron chi connectivity index (χ2n) is 3.17. The van der Waals surface area contributed by atoms with Crippen molar-refractivity contribution in [2.24, 2.45) is 5.73 Å². The maximum Gasteiger partial charge on any atom is 0.573 e. The number of hydrogen-bond donors (Lipinski definition) is 1. The average Bonchev–Trinajstić information content (AvgIpc) is 2.18. The number of rotatable bonds is 3. The second kappa shape index (κ2) is 4.82. The van der Waals surface area contributed by atoms with Crippen LogP contribution in [0.2, 0.25) is 0 Å². The lowest BCUT2D eigenvalue weighted by Crippen LogP contribution is -2.20. The van der Waals surface area contributed by atoms with E-state index in [1.165, 1.54) is 0 Å². The van der Waals surface area contributed by atoms with Gasteiger partial charge in [-0.25, -0.2) is 8.78 Å². The van der Waals surface area contributed by atoms with E-state index in [2.05, 4.69) is 9.72 Å². The number of halogens is 5. The number of hydrogen-bond acceptors (Lipinski definition) is 3. The van der Waals surface area contributed by atoms with Crippen LogP contribution in [0.3, 0.4) is 0 Å². The van der Waals surface area contributed by atoms with Gasteiger partial charge in [0, 0.05) is 23.9 Å². The minimum atomic E-state index is -4.98. The van der Waals surface area contributed by atoms with Crippen molar-refractivity contribution in [1.29, 1.82) is 0 Å². The molecule has 0 spiro atoms. The molecule has 17 heavy (non-hydrogen) atoms. The number of pyridine rings is 1. The summed E-state index contributed by atoms with van der Waals surface area (Å²) < 4.78 is 64.9. The molecule has 3 nitrogen and oxygen atoms in total. The fourth-order valence-electron chi connectivity index (χ4n) is 1.27. The van der Waals surface area contributed by atoms with E-state index < -0.39 is 24.1 Å². The predicted octanol–water partition coefficient (Wildman–Crippen LogP) is 2.68. The number of nitrogens with two attached hydrogens (primary N) is 1. The molecule has 0 bridgehead atoms. The zero-order chi connectivity index (χ0) is 13.2. The van der Waals surface area contributed by atoms with E-state index in [0.717, 1.165) is 13.1 Å². The first-order chi connectivity index (χ1) is 7.76. The molecule has 0 saturated heterocycles. The Morgan fingerprint density at radius 2 is 2.00 bits per heavy atom. The highest BCUT2D eigenvalue weighted by Gasteiger charge is 2.34. The van der Waals surface area contributed by atoms with Gasteiger partial charge >= 0.3 is 6.36 Å². The van der Waals surface area contributed by atoms with Gasteiger partial charge < -0.3 is 10.5 Å². The molecule has 0 aliphatic rings. The van der Waals surface area contributed by atoms with Crippen LogP contribution >= 0.6 is 0 Å². The molecule has 0 aliphatic heterocycles. The number of alkyl halides is 5. The zero-order valence-corrected chi connectivity index (χ0v) is 8.68. The molecule has 0 atom stereocenters. The second-order valence-corrected chi connectivity index (χ2v) is 3.17. The summed E-state index contributed by atoms with van der Waals surface area (Å²) >= 11 is 0. The Kier molecular flexibility index (Phi) is 3.87. The fraction of sp³-hybridized carbons (Fsp3) is 0.444. The quantitative estimate of drug-likeness (QED) is 0.846. The highest BCUT2D eigenvalue weighted by Crippen LogP contribution is 2.33. The van der Waals surface area contributed by atoms with E-state index in [9.17, 15) is 22.0 Å². The van der Waals surface area contributed by atoms with Crippen LogP contribution in [0.5, 0.6) is 5.75 Å². The van der Waals surface area contributed by atoms with Crippen LogP contribution in [0.1, 0.15) is 23.2 Å². The minimum Gasteiger partial charge on any atom is -0.403 e. The molecule has 1 aromatic rings. The largest absolute Gasteiger partial charge is 0.573 e. The summed E-state index contributed by atoms with van der Waals surface area (Å²) in [4.78, 5) is 3.43. The van der Waals surface area contributed by atoms with Crippen LogP contribution in [0, 0.1) is 6.92 Å². The summed E-state index contributed by atoms with van der Waals surface area (Å²) in [6, 6.07) is 0. The SMILES string of the molecule is Cc1c(C(F)F)cnc(CN)c1OC(F)(F)F. The molecule has 0 fully saturated rings. The van der Waals surface area contributed by atoms with Crippen molar-refractivity contribution in [2.45, 2.75) is 26.3 Å². The fourth-order valence-corrected chi connectivity index (χ4v) is 1.27. The smallest absolute Gasteiger partial charge is 0.403 e. The van der Waals surface area contributed by atoms with Crippen molar-refractivity contribution in [3.63, 3.8) is 0 Å². The first-order valence-electron chi connectivity index (χ1n) is 4.48. The van der Waals surface area contributed by atoms with Gasteiger partial charge in [0.2, 0.25) is 0 Å². The average molecular weight is 256 g/mol. The summed E-state index contributed by atoms with van der Waals surface area (Å²) in [5.74, 6) is -0.752. The molecule has 1 rings (SSSR count). The Balaban J connectivity index is 3.28. The van der Waals surface area contributed by atoms with E-state index in [-0.39, 0.29) is 17.8 Å². The van der Waals surface area contributed by atoms with Crippen LogP contribution in [0.15, 0.2) is 6.20 Å². The Bertz CT molecular complexity index is 405. The Morgan fingerprint density at radius 1 is 1.41 bits per heavy atom. The Hall–Kier alpha value is -1.44. The van der Waals surface area contributed by atoms with Gasteiger partial charge in [-0.15, -0.1) is 13.2 Å². The van der Waals surface area contributed by atoms with E-state index >= 15 is 0 Å². The maximum absolute atomic E-state index is 12.5. The standard InChI is InChI=1S/C9H9F5N2O/c1-4-5(8(10)11)3-16-6(2-15)7(4)17-9(12,13)14/h3,8H,2,15H2,1H3. The molecule has 2 N–H and O–H groups in total. The van der Waals surface area contributed by atoms with Gasteiger partial charge in [0.05, 0.1) is 5.69 Å². The lowest BCUT2D eigenvalue weighted by Gasteiger charge is -2.16. The first kappa shape index (κ1) is 13.6. The van der Waals surface area contributed by atoms with E-state index in [4.69, 9.17) is 5.73 Å². The van der Waals surface area contributed by atoms with Crippen molar-refractivity contribution < 1.29 is 26.7 Å². The summed E-state index contributed by atoms with van der Waals surface area (Å²) in [5, 5.41) is 0. The molecule has 0 aliphatic carbocycles. The molecule has 1 heterocycles. The molecule has 0 unspecified atom stereocenters. The molecular weight excluding hydrogens is 247 g/mol. The van der Waals surface area contributed by atoms with Crippen molar-refractivity contribution >= 4 is 0 Å². The van der Waals surface area contributed by atoms with Crippen LogP contribution < -0.4 is 10.5 Å². The maximum atomic E-state index is 12.5. The molecule has 0 amide bonds. The first-order valence-corrected chi connectivity index (χ1v) is 4.48. The van der Waals surface area contributed by atoms with Gasteiger partial charge in [-0.2, -0.15) is 0 Å². The Labute approximate surface area is 93.4 Å². The van der Waals surface area contributed by atoms with Gasteiger partial charge in [0.25, 0.3) is 6.43 Å². The van der Waals surface area contributed by atoms with Gasteiger partial charge in [-0.3, -0.25) is 4.98 Å². The molecule has 0 radical (unpaired) electrons. The van der Waals surface area contributed by atoms with E-state index in [1.807, 2.05) is 0 Å². The van der Waals surface area contributed by atoms with Crippen molar-refractivity contribution in [3.05, 3.63) is 23.0 Å². The van der Waals surface area contributed by atoms with Crippen LogP contribution in [-0.4, -0.2) is 11.3 Å². The van der Waals surface area contributed by atoms with Crippen molar-refractivity contribution in [2.75, 3.05) is 0 Å². The zero-order valence-electron chi connectivity index (χ0n) is 8.68. The third-order valence-corrected chi connectivity index (χ3v) is 2.04. The summed E-state index contributed by atoms with van der Waals surface area (Å²) in [5.41, 5.74) is 4.03. The number of ether oxygens (including phenoxy) is 1. The van der Waals surface area contributed by atoms with Crippen molar-refractivity contribution in [3.8, 4) is 5.75 Å². The van der Waals surface area contributed by atoms with Crippen LogP contribution in [0.4, 0.5) is 22.0 Å². The van der Waals surface area contributed by atoms with E-state index in [1.54, 1.807) is 0 Å². The third-order valence-electron chi connectivity index (χ3n) is 2.04. The van der Waals surface area contributed by atoms with Gasteiger partial charge in [0.1, 0.15) is 0 Å². The molecule has 96 valence electrons. The number of aromatic nitrogens is 1. The minimum absolute atomic E-state index is 0.218. The molecular formula is C9H9F5N2O. The Morgan fingerprint density at radius 3 is 2.41 bits per heavy atom. The van der Waals surface area contributed by atoms with E-state index in [0.29, 0.717) is 0 Å². The third kappa shape index (κ3) is 3.26. The summed E-state index contributed by atoms with van der Waals surface area (Å²) in [6.07, 6.45) is -7.10. The lowest BCUT2D eigenvalue weighted by atomic mass is 10.1. The normalized spacial score (nSPS) is 12.0. The molecule has 0 aromatic carbocycles. The summed E-state index contributed by atoms with van der Waals surface area (Å²) in [7, 11) is 0. The molecule has 0 saturated carbocycles. The highest BCUT2D eigenvalue weighted by molar-refractivity contribution is 5.42. The predicted molar refractivity (Wildman–Crippen MR) is 48.5 cm³/mol. The number of nitrogens with zero attached hydrogens (tertiary/aromatic N) is 1. The monoisotopic (exact) mass is 256 g/mol. The van der Waals surface area contributed by atoms with Crippen molar-refractivity contribution in [1.82, 2.24) is 4.98 Å². The van der Waals surface area contributed by atoms with Gasteiger partial charge in [-0.05, 0) is 6.92 Å². The van der Waals surface area contributed by atoms with Crippen LogP contribution in [0.25, 0.3) is 0 Å². The van der Waals surface area contributed by atoms with Gasteiger partial charge in [0.15, 0.2) is 5.75 Å². The topological polar surface area (TPSA) is 48.1 Å². The lowest BCUT2D eigenvalue weighted by molar-refractivity contribution is -0.275. The molecule has 8 heteroatoms. The highest BCUT2D eigenvalue weighted by atomic mass is 19.4. The summed E-state index contributed by atoms with van der Waals surface area (Å²) in [6.45, 7) is 0.763. The van der Waals surface area contributed by atoms with Crippen LogP contribution in [-0.2, 0) is 6.54 Å².